The molecule has 1 unspecified atom stereocenters. The first-order valence-corrected chi connectivity index (χ1v) is 4.25. The van der Waals surface area contributed by atoms with Gasteiger partial charge in [0.25, 0.3) is 5.69 Å². The molecule has 0 fully saturated rings. The van der Waals surface area contributed by atoms with Gasteiger partial charge in [0.1, 0.15) is 6.20 Å². The van der Waals surface area contributed by atoms with Crippen LogP contribution >= 0.6 is 0 Å². The maximum absolute atomic E-state index is 10.3. The molecule has 0 N–H and O–H groups in total. The molecule has 4 heteroatoms. The first kappa shape index (κ1) is 9.64. The molecule has 0 radical (unpaired) electrons. The second-order valence-electron chi connectivity index (χ2n) is 3.01. The third kappa shape index (κ3) is 2.24. The second-order valence-corrected chi connectivity index (χ2v) is 3.01. The zero-order chi connectivity index (χ0) is 9.84. The van der Waals surface area contributed by atoms with Gasteiger partial charge in [-0.2, -0.15) is 0 Å². The Morgan fingerprint density at radius 1 is 1.62 bits per heavy atom. The molecule has 0 aliphatic rings. The number of rotatable bonds is 3. The number of nitro groups is 1. The topological polar surface area (TPSA) is 56.0 Å². The fourth-order valence-corrected chi connectivity index (χ4v) is 1.01. The molecule has 70 valence electrons. The summed E-state index contributed by atoms with van der Waals surface area (Å²) in [6.45, 7) is 4.11. The highest BCUT2D eigenvalue weighted by Gasteiger charge is 2.08. The van der Waals surface area contributed by atoms with Crippen LogP contribution in [-0.4, -0.2) is 9.91 Å². The molecule has 0 saturated heterocycles. The van der Waals surface area contributed by atoms with Crippen LogP contribution in [0.25, 0.3) is 0 Å². The van der Waals surface area contributed by atoms with Crippen LogP contribution in [0, 0.1) is 10.1 Å². The van der Waals surface area contributed by atoms with E-state index >= 15 is 0 Å². The lowest BCUT2D eigenvalue weighted by Crippen LogP contribution is -1.96. The molecule has 0 saturated carbocycles. The normalized spacial score (nSPS) is 12.5. The van der Waals surface area contributed by atoms with E-state index in [0.717, 1.165) is 12.1 Å². The molecule has 4 nitrogen and oxygen atoms in total. The van der Waals surface area contributed by atoms with Crippen LogP contribution in [-0.2, 0) is 0 Å². The van der Waals surface area contributed by atoms with Crippen molar-refractivity contribution in [2.75, 3.05) is 0 Å². The summed E-state index contributed by atoms with van der Waals surface area (Å²) in [5.41, 5.74) is 0.958. The lowest BCUT2D eigenvalue weighted by atomic mass is 10.0. The van der Waals surface area contributed by atoms with Gasteiger partial charge in [0.15, 0.2) is 0 Å². The molecule has 1 aromatic heterocycles. The lowest BCUT2D eigenvalue weighted by molar-refractivity contribution is -0.385. The van der Waals surface area contributed by atoms with Gasteiger partial charge in [-0.15, -0.1) is 0 Å². The van der Waals surface area contributed by atoms with Crippen LogP contribution in [0.4, 0.5) is 5.69 Å². The van der Waals surface area contributed by atoms with Gasteiger partial charge >= 0.3 is 0 Å². The summed E-state index contributed by atoms with van der Waals surface area (Å²) in [7, 11) is 0. The zero-order valence-corrected chi connectivity index (χ0v) is 7.73. The Labute approximate surface area is 76.8 Å². The second kappa shape index (κ2) is 3.98. The molecular weight excluding hydrogens is 168 g/mol. The Kier molecular flexibility index (Phi) is 2.95. The van der Waals surface area contributed by atoms with E-state index in [4.69, 9.17) is 0 Å². The van der Waals surface area contributed by atoms with Crippen LogP contribution in [0.2, 0.25) is 0 Å². The van der Waals surface area contributed by atoms with Crippen molar-refractivity contribution in [1.82, 2.24) is 4.98 Å². The minimum absolute atomic E-state index is 0.0482. The molecule has 1 rings (SSSR count). The summed E-state index contributed by atoms with van der Waals surface area (Å²) < 4.78 is 0. The minimum Gasteiger partial charge on any atom is -0.258 e. The van der Waals surface area contributed by atoms with E-state index in [2.05, 4.69) is 11.9 Å². The summed E-state index contributed by atoms with van der Waals surface area (Å²) in [4.78, 5) is 13.9. The Morgan fingerprint density at radius 3 is 2.69 bits per heavy atom. The van der Waals surface area contributed by atoms with E-state index in [1.807, 2.05) is 6.92 Å². The SMILES string of the molecule is CCC(C)c1ccc([N+](=O)[O-])cn1. The van der Waals surface area contributed by atoms with Crippen molar-refractivity contribution < 1.29 is 4.92 Å². The number of aromatic nitrogens is 1. The Bertz CT molecular complexity index is 295. The van der Waals surface area contributed by atoms with Gasteiger partial charge in [-0.3, -0.25) is 15.1 Å². The van der Waals surface area contributed by atoms with Gasteiger partial charge in [0.2, 0.25) is 0 Å². The van der Waals surface area contributed by atoms with Gasteiger partial charge < -0.3 is 0 Å². The molecule has 1 aromatic rings. The van der Waals surface area contributed by atoms with Crippen LogP contribution < -0.4 is 0 Å². The van der Waals surface area contributed by atoms with Crippen molar-refractivity contribution in [2.24, 2.45) is 0 Å². The third-order valence-electron chi connectivity index (χ3n) is 2.10. The van der Waals surface area contributed by atoms with Crippen LogP contribution in [0.15, 0.2) is 18.3 Å². The number of hydrogen-bond acceptors (Lipinski definition) is 3. The predicted molar refractivity (Wildman–Crippen MR) is 49.6 cm³/mol. The van der Waals surface area contributed by atoms with Gasteiger partial charge in [-0.25, -0.2) is 0 Å². The molecule has 0 bridgehead atoms. The molecular formula is C9H12N2O2. The quantitative estimate of drug-likeness (QED) is 0.530. The highest BCUT2D eigenvalue weighted by molar-refractivity contribution is 5.27. The number of nitrogens with zero attached hydrogens (tertiary/aromatic N) is 2. The van der Waals surface area contributed by atoms with E-state index in [0.29, 0.717) is 5.92 Å². The van der Waals surface area contributed by atoms with Gasteiger partial charge in [0.05, 0.1) is 4.92 Å². The molecule has 0 amide bonds. The first-order valence-electron chi connectivity index (χ1n) is 4.25. The van der Waals surface area contributed by atoms with Crippen molar-refractivity contribution >= 4 is 5.69 Å². The average molecular weight is 180 g/mol. The highest BCUT2D eigenvalue weighted by atomic mass is 16.6. The molecule has 1 atom stereocenters. The van der Waals surface area contributed by atoms with E-state index in [9.17, 15) is 10.1 Å². The van der Waals surface area contributed by atoms with E-state index in [1.165, 1.54) is 12.3 Å². The predicted octanol–water partition coefficient (Wildman–Crippen LogP) is 2.50. The lowest BCUT2D eigenvalue weighted by Gasteiger charge is -2.05. The summed E-state index contributed by atoms with van der Waals surface area (Å²) in [6, 6.07) is 3.21. The van der Waals surface area contributed by atoms with Crippen LogP contribution in [0.3, 0.4) is 0 Å². The Hall–Kier alpha value is -1.45. The third-order valence-corrected chi connectivity index (χ3v) is 2.10. The minimum atomic E-state index is -0.437. The van der Waals surface area contributed by atoms with E-state index in [1.54, 1.807) is 6.07 Å². The summed E-state index contributed by atoms with van der Waals surface area (Å²) in [5.74, 6) is 0.362. The van der Waals surface area contributed by atoms with E-state index < -0.39 is 4.92 Å². The monoisotopic (exact) mass is 180 g/mol. The van der Waals surface area contributed by atoms with Gasteiger partial charge in [-0.1, -0.05) is 13.8 Å². The van der Waals surface area contributed by atoms with Crippen molar-refractivity contribution in [3.8, 4) is 0 Å². The maximum atomic E-state index is 10.3. The van der Waals surface area contributed by atoms with Crippen molar-refractivity contribution in [1.29, 1.82) is 0 Å². The molecule has 1 heterocycles. The fourth-order valence-electron chi connectivity index (χ4n) is 1.01. The first-order chi connectivity index (χ1) is 6.15. The fraction of sp³-hybridized carbons (Fsp3) is 0.444. The molecule has 0 aliphatic heterocycles. The van der Waals surface area contributed by atoms with Crippen molar-refractivity contribution in [2.45, 2.75) is 26.2 Å². The van der Waals surface area contributed by atoms with Crippen LogP contribution in [0.1, 0.15) is 31.9 Å². The standard InChI is InChI=1S/C9H12N2O2/c1-3-7(2)9-5-4-8(6-10-9)11(12)13/h4-7H,3H2,1-2H3. The largest absolute Gasteiger partial charge is 0.287 e. The molecule has 13 heavy (non-hydrogen) atoms. The molecule has 0 aliphatic carbocycles. The van der Waals surface area contributed by atoms with Crippen molar-refractivity contribution in [3.63, 3.8) is 0 Å². The Balaban J connectivity index is 2.87. The van der Waals surface area contributed by atoms with Gasteiger partial charge in [0, 0.05) is 11.8 Å². The molecule has 0 aromatic carbocycles. The maximum Gasteiger partial charge on any atom is 0.287 e. The van der Waals surface area contributed by atoms with E-state index in [-0.39, 0.29) is 5.69 Å². The summed E-state index contributed by atoms with van der Waals surface area (Å²) >= 11 is 0. The smallest absolute Gasteiger partial charge is 0.258 e. The van der Waals surface area contributed by atoms with Crippen LogP contribution in [0.5, 0.6) is 0 Å². The molecule has 0 spiro atoms. The number of pyridine rings is 1. The summed E-state index contributed by atoms with van der Waals surface area (Å²) in [5, 5.41) is 10.3. The Morgan fingerprint density at radius 2 is 2.31 bits per heavy atom. The van der Waals surface area contributed by atoms with Gasteiger partial charge in [-0.05, 0) is 18.4 Å². The zero-order valence-electron chi connectivity index (χ0n) is 7.73. The van der Waals surface area contributed by atoms with Crippen molar-refractivity contribution in [3.05, 3.63) is 34.1 Å². The summed E-state index contributed by atoms with van der Waals surface area (Å²) in [6.07, 6.45) is 2.30. The number of hydrogen-bond donors (Lipinski definition) is 0. The highest BCUT2D eigenvalue weighted by Crippen LogP contribution is 2.18. The average Bonchev–Trinajstić information content (AvgIpc) is 2.17.